The molecule has 0 spiro atoms. The number of thiazole rings is 1. The average molecular weight is 314 g/mol. The van der Waals surface area contributed by atoms with E-state index in [1.165, 1.54) is 16.9 Å². The molecule has 0 saturated carbocycles. The van der Waals surface area contributed by atoms with E-state index in [9.17, 15) is 4.79 Å². The molecule has 22 heavy (non-hydrogen) atoms. The van der Waals surface area contributed by atoms with Crippen LogP contribution in [-0.4, -0.2) is 20.7 Å². The zero-order valence-corrected chi connectivity index (χ0v) is 13.9. The van der Waals surface area contributed by atoms with Crippen molar-refractivity contribution in [3.8, 4) is 0 Å². The summed E-state index contributed by atoms with van der Waals surface area (Å²) in [5.74, 6) is -0.229. The number of aryl methyl sites for hydroxylation is 2. The van der Waals surface area contributed by atoms with Gasteiger partial charge in [-0.15, -0.1) is 0 Å². The maximum Gasteiger partial charge on any atom is 0.277 e. The number of hydrogen-bond acceptors (Lipinski definition) is 4. The predicted octanol–water partition coefficient (Wildman–Crippen LogP) is 3.94. The highest BCUT2D eigenvalue weighted by atomic mass is 32.1. The van der Waals surface area contributed by atoms with Crippen molar-refractivity contribution in [3.63, 3.8) is 0 Å². The van der Waals surface area contributed by atoms with Gasteiger partial charge in [0.15, 0.2) is 10.8 Å². The molecule has 0 radical (unpaired) electrons. The van der Waals surface area contributed by atoms with Gasteiger partial charge in [0.05, 0.1) is 10.2 Å². The molecule has 3 aromatic rings. The van der Waals surface area contributed by atoms with Gasteiger partial charge in [-0.3, -0.25) is 14.8 Å². The quantitative estimate of drug-likeness (QED) is 0.796. The fourth-order valence-corrected chi connectivity index (χ4v) is 3.11. The number of nitrogens with zero attached hydrogens (tertiary/aromatic N) is 3. The van der Waals surface area contributed by atoms with Gasteiger partial charge in [0.1, 0.15) is 0 Å². The Balaban J connectivity index is 1.86. The van der Waals surface area contributed by atoms with Crippen molar-refractivity contribution >= 4 is 32.6 Å². The molecular weight excluding hydrogens is 296 g/mol. The van der Waals surface area contributed by atoms with E-state index >= 15 is 0 Å². The SMILES string of the molecule is Cc1ccc2sc(NC(=O)c3ccn(C(C)C)n3)nc2c1C. The second kappa shape index (κ2) is 5.53. The number of nitrogens with one attached hydrogen (secondary N) is 1. The van der Waals surface area contributed by atoms with Crippen molar-refractivity contribution in [2.45, 2.75) is 33.7 Å². The number of rotatable bonds is 3. The van der Waals surface area contributed by atoms with Crippen LogP contribution in [0.2, 0.25) is 0 Å². The van der Waals surface area contributed by atoms with Crippen molar-refractivity contribution in [1.82, 2.24) is 14.8 Å². The van der Waals surface area contributed by atoms with Gasteiger partial charge in [-0.1, -0.05) is 17.4 Å². The minimum absolute atomic E-state index is 0.229. The van der Waals surface area contributed by atoms with Crippen LogP contribution in [0.1, 0.15) is 41.5 Å². The molecule has 1 aromatic carbocycles. The molecule has 2 heterocycles. The highest BCUT2D eigenvalue weighted by Gasteiger charge is 2.14. The molecular formula is C16H18N4OS. The fraction of sp³-hybridized carbons (Fsp3) is 0.312. The maximum absolute atomic E-state index is 12.3. The first-order chi connectivity index (χ1) is 10.5. The van der Waals surface area contributed by atoms with Crippen LogP contribution in [0.5, 0.6) is 0 Å². The predicted molar refractivity (Wildman–Crippen MR) is 89.7 cm³/mol. The second-order valence-corrected chi connectivity index (χ2v) is 6.63. The van der Waals surface area contributed by atoms with Gasteiger partial charge >= 0.3 is 0 Å². The Bertz CT molecular complexity index is 847. The molecule has 0 saturated heterocycles. The molecule has 2 aromatic heterocycles. The topological polar surface area (TPSA) is 59.8 Å². The summed E-state index contributed by atoms with van der Waals surface area (Å²) in [5, 5.41) is 7.72. The van der Waals surface area contributed by atoms with Crippen molar-refractivity contribution in [2.75, 3.05) is 5.32 Å². The highest BCUT2D eigenvalue weighted by Crippen LogP contribution is 2.29. The summed E-state index contributed by atoms with van der Waals surface area (Å²) in [5.41, 5.74) is 3.71. The Labute approximate surface area is 133 Å². The van der Waals surface area contributed by atoms with E-state index in [-0.39, 0.29) is 11.9 Å². The minimum atomic E-state index is -0.229. The van der Waals surface area contributed by atoms with Gasteiger partial charge in [0.25, 0.3) is 5.91 Å². The Hall–Kier alpha value is -2.21. The van der Waals surface area contributed by atoms with Crippen molar-refractivity contribution in [1.29, 1.82) is 0 Å². The summed E-state index contributed by atoms with van der Waals surface area (Å²) in [7, 11) is 0. The molecule has 0 bridgehead atoms. The first-order valence-electron chi connectivity index (χ1n) is 7.19. The molecule has 1 amide bonds. The zero-order valence-electron chi connectivity index (χ0n) is 13.0. The first kappa shape index (κ1) is 14.7. The Morgan fingerprint density at radius 2 is 2.05 bits per heavy atom. The van der Waals surface area contributed by atoms with E-state index in [1.54, 1.807) is 10.7 Å². The van der Waals surface area contributed by atoms with Crippen LogP contribution < -0.4 is 5.32 Å². The lowest BCUT2D eigenvalue weighted by atomic mass is 10.1. The smallest absolute Gasteiger partial charge is 0.277 e. The van der Waals surface area contributed by atoms with Crippen LogP contribution in [0.3, 0.4) is 0 Å². The molecule has 0 aliphatic heterocycles. The van der Waals surface area contributed by atoms with E-state index in [4.69, 9.17) is 0 Å². The third-order valence-electron chi connectivity index (χ3n) is 3.68. The summed E-state index contributed by atoms with van der Waals surface area (Å²) >= 11 is 1.48. The van der Waals surface area contributed by atoms with E-state index < -0.39 is 0 Å². The summed E-state index contributed by atoms with van der Waals surface area (Å²) in [6, 6.07) is 6.07. The summed E-state index contributed by atoms with van der Waals surface area (Å²) in [6.07, 6.45) is 1.81. The molecule has 6 heteroatoms. The Kier molecular flexibility index (Phi) is 3.70. The zero-order chi connectivity index (χ0) is 15.9. The van der Waals surface area contributed by atoms with Crippen molar-refractivity contribution in [3.05, 3.63) is 41.2 Å². The van der Waals surface area contributed by atoms with E-state index in [1.807, 2.05) is 33.0 Å². The highest BCUT2D eigenvalue weighted by molar-refractivity contribution is 7.22. The summed E-state index contributed by atoms with van der Waals surface area (Å²) in [4.78, 5) is 16.8. The number of amides is 1. The number of hydrogen-bond donors (Lipinski definition) is 1. The van der Waals surface area contributed by atoms with E-state index in [0.29, 0.717) is 10.8 Å². The van der Waals surface area contributed by atoms with Gasteiger partial charge in [0, 0.05) is 12.2 Å². The third kappa shape index (κ3) is 2.62. The van der Waals surface area contributed by atoms with Gasteiger partial charge in [-0.2, -0.15) is 5.10 Å². The van der Waals surface area contributed by atoms with Crippen molar-refractivity contribution in [2.24, 2.45) is 0 Å². The number of carbonyl (C=O) groups excluding carboxylic acids is 1. The van der Waals surface area contributed by atoms with E-state index in [0.717, 1.165) is 15.8 Å². The largest absolute Gasteiger partial charge is 0.296 e. The molecule has 3 rings (SSSR count). The van der Waals surface area contributed by atoms with Crippen LogP contribution in [-0.2, 0) is 0 Å². The molecule has 0 atom stereocenters. The third-order valence-corrected chi connectivity index (χ3v) is 4.61. The van der Waals surface area contributed by atoms with Crippen molar-refractivity contribution < 1.29 is 4.79 Å². The number of benzene rings is 1. The van der Waals surface area contributed by atoms with Crippen LogP contribution in [0.25, 0.3) is 10.2 Å². The summed E-state index contributed by atoms with van der Waals surface area (Å²) in [6.45, 7) is 8.15. The lowest BCUT2D eigenvalue weighted by molar-refractivity contribution is 0.102. The minimum Gasteiger partial charge on any atom is -0.296 e. The van der Waals surface area contributed by atoms with Gasteiger partial charge in [-0.25, -0.2) is 4.98 Å². The molecule has 0 aliphatic carbocycles. The number of fused-ring (bicyclic) bond motifs is 1. The molecule has 0 aliphatic rings. The average Bonchev–Trinajstić information content (AvgIpc) is 3.09. The van der Waals surface area contributed by atoms with Crippen LogP contribution in [0.15, 0.2) is 24.4 Å². The molecule has 0 unspecified atom stereocenters. The fourth-order valence-electron chi connectivity index (χ4n) is 2.19. The normalized spacial score (nSPS) is 11.3. The van der Waals surface area contributed by atoms with Gasteiger partial charge in [0.2, 0.25) is 0 Å². The van der Waals surface area contributed by atoms with Crippen LogP contribution >= 0.6 is 11.3 Å². The number of carbonyl (C=O) groups is 1. The first-order valence-corrected chi connectivity index (χ1v) is 8.00. The lowest BCUT2D eigenvalue weighted by Crippen LogP contribution is -2.13. The number of anilines is 1. The van der Waals surface area contributed by atoms with Gasteiger partial charge in [-0.05, 0) is 51.0 Å². The van der Waals surface area contributed by atoms with Crippen LogP contribution in [0, 0.1) is 13.8 Å². The lowest BCUT2D eigenvalue weighted by Gasteiger charge is -2.03. The molecule has 114 valence electrons. The molecule has 5 nitrogen and oxygen atoms in total. The maximum atomic E-state index is 12.3. The number of aromatic nitrogens is 3. The van der Waals surface area contributed by atoms with E-state index in [2.05, 4.69) is 28.4 Å². The molecule has 1 N–H and O–H groups in total. The van der Waals surface area contributed by atoms with Gasteiger partial charge < -0.3 is 0 Å². The Morgan fingerprint density at radius 3 is 2.73 bits per heavy atom. The second-order valence-electron chi connectivity index (χ2n) is 5.60. The Morgan fingerprint density at radius 1 is 1.27 bits per heavy atom. The molecule has 0 fully saturated rings. The van der Waals surface area contributed by atoms with Crippen LogP contribution in [0.4, 0.5) is 5.13 Å². The standard InChI is InChI=1S/C16H18N4OS/c1-9(2)20-8-7-12(19-20)15(21)18-16-17-14-11(4)10(3)5-6-13(14)22-16/h5-9H,1-4H3,(H,17,18,21). The summed E-state index contributed by atoms with van der Waals surface area (Å²) < 4.78 is 2.84. The monoisotopic (exact) mass is 314 g/mol.